The number of hydrogen-bond acceptors (Lipinski definition) is 3. The molecule has 1 aliphatic rings. The van der Waals surface area contributed by atoms with Crippen molar-refractivity contribution in [1.29, 1.82) is 0 Å². The minimum absolute atomic E-state index is 0.227. The highest BCUT2D eigenvalue weighted by molar-refractivity contribution is 5.48. The van der Waals surface area contributed by atoms with Crippen LogP contribution < -0.4 is 10.1 Å². The molecule has 3 heteroatoms. The van der Waals surface area contributed by atoms with Crippen molar-refractivity contribution in [3.05, 3.63) is 23.3 Å². The van der Waals surface area contributed by atoms with Crippen LogP contribution in [-0.4, -0.2) is 18.3 Å². The smallest absolute Gasteiger partial charge is 0.160 e. The van der Waals surface area contributed by atoms with Crippen molar-refractivity contribution in [1.82, 2.24) is 5.32 Å². The fourth-order valence-corrected chi connectivity index (χ4v) is 2.40. The van der Waals surface area contributed by atoms with E-state index >= 15 is 0 Å². The van der Waals surface area contributed by atoms with Crippen molar-refractivity contribution in [2.75, 3.05) is 7.11 Å². The number of hydrogen-bond donors (Lipinski definition) is 2. The van der Waals surface area contributed by atoms with Crippen molar-refractivity contribution in [2.45, 2.75) is 38.8 Å². The van der Waals surface area contributed by atoms with Crippen molar-refractivity contribution in [2.24, 2.45) is 0 Å². The number of rotatable bonds is 2. The molecule has 0 bridgehead atoms. The lowest BCUT2D eigenvalue weighted by Gasteiger charge is -2.31. The first-order valence-corrected chi connectivity index (χ1v) is 5.81. The van der Waals surface area contributed by atoms with Crippen LogP contribution in [0.4, 0.5) is 0 Å². The van der Waals surface area contributed by atoms with Crippen molar-refractivity contribution < 1.29 is 9.84 Å². The van der Waals surface area contributed by atoms with Crippen LogP contribution in [0.2, 0.25) is 0 Å². The Kier molecular flexibility index (Phi) is 3.06. The second kappa shape index (κ2) is 4.34. The van der Waals surface area contributed by atoms with Crippen LogP contribution in [0.1, 0.15) is 37.4 Å². The van der Waals surface area contributed by atoms with E-state index in [-0.39, 0.29) is 5.75 Å². The van der Waals surface area contributed by atoms with Crippen LogP contribution in [0.5, 0.6) is 11.5 Å². The van der Waals surface area contributed by atoms with Gasteiger partial charge in [-0.1, -0.05) is 6.92 Å². The molecule has 0 saturated carbocycles. The monoisotopic (exact) mass is 221 g/mol. The van der Waals surface area contributed by atoms with E-state index < -0.39 is 0 Å². The Balaban J connectivity index is 2.41. The highest BCUT2D eigenvalue weighted by Gasteiger charge is 2.23. The van der Waals surface area contributed by atoms with Gasteiger partial charge in [0.2, 0.25) is 0 Å². The number of phenolic OH excluding ortho intramolecular Hbond substituents is 1. The molecule has 2 N–H and O–H groups in total. The summed E-state index contributed by atoms with van der Waals surface area (Å²) in [4.78, 5) is 0. The first kappa shape index (κ1) is 11.3. The molecule has 0 amide bonds. The Morgan fingerprint density at radius 2 is 2.25 bits per heavy atom. The Hall–Kier alpha value is -1.22. The van der Waals surface area contributed by atoms with E-state index in [1.54, 1.807) is 7.11 Å². The first-order chi connectivity index (χ1) is 7.65. The van der Waals surface area contributed by atoms with E-state index in [0.29, 0.717) is 17.8 Å². The predicted octanol–water partition coefficient (Wildman–Crippen LogP) is 2.39. The van der Waals surface area contributed by atoms with Gasteiger partial charge in [-0.25, -0.2) is 0 Å². The second-order valence-electron chi connectivity index (χ2n) is 4.42. The van der Waals surface area contributed by atoms with Gasteiger partial charge in [0, 0.05) is 12.1 Å². The van der Waals surface area contributed by atoms with Gasteiger partial charge in [0.05, 0.1) is 7.11 Å². The molecule has 0 aromatic heterocycles. The summed E-state index contributed by atoms with van der Waals surface area (Å²) in [6, 6.07) is 4.60. The molecule has 0 unspecified atom stereocenters. The van der Waals surface area contributed by atoms with E-state index in [2.05, 4.69) is 19.2 Å². The molecule has 1 aromatic rings. The minimum atomic E-state index is 0.227. The number of benzene rings is 1. The molecule has 2 rings (SSSR count). The standard InChI is InChI=1S/C13H19NO2/c1-4-10-5-9-6-13(16-3)12(15)7-11(9)8(2)14-10/h6-8,10,14-15H,4-5H2,1-3H3/t8-,10+/m1/s1. The van der Waals surface area contributed by atoms with Crippen LogP contribution in [0.15, 0.2) is 12.1 Å². The number of aromatic hydroxyl groups is 1. The van der Waals surface area contributed by atoms with Crippen LogP contribution in [-0.2, 0) is 6.42 Å². The zero-order chi connectivity index (χ0) is 11.7. The molecule has 0 saturated heterocycles. The molecule has 2 atom stereocenters. The van der Waals surface area contributed by atoms with Gasteiger partial charge in [-0.05, 0) is 43.0 Å². The number of nitrogens with one attached hydrogen (secondary N) is 1. The summed E-state index contributed by atoms with van der Waals surface area (Å²) < 4.78 is 5.14. The number of phenols is 1. The molecular formula is C13H19NO2. The topological polar surface area (TPSA) is 41.5 Å². The average Bonchev–Trinajstić information content (AvgIpc) is 2.29. The number of fused-ring (bicyclic) bond motifs is 1. The molecule has 0 aliphatic carbocycles. The SMILES string of the molecule is CC[C@H]1Cc2cc(OC)c(O)cc2[C@@H](C)N1. The maximum atomic E-state index is 9.75. The molecular weight excluding hydrogens is 202 g/mol. The Morgan fingerprint density at radius 1 is 1.50 bits per heavy atom. The second-order valence-corrected chi connectivity index (χ2v) is 4.42. The summed E-state index contributed by atoms with van der Waals surface area (Å²) in [5, 5.41) is 13.3. The van der Waals surface area contributed by atoms with Crippen LogP contribution in [0.3, 0.4) is 0 Å². The third kappa shape index (κ3) is 1.87. The lowest BCUT2D eigenvalue weighted by atomic mass is 9.89. The fourth-order valence-electron chi connectivity index (χ4n) is 2.40. The van der Waals surface area contributed by atoms with Gasteiger partial charge < -0.3 is 15.2 Å². The molecule has 1 aliphatic heterocycles. The fraction of sp³-hybridized carbons (Fsp3) is 0.538. The predicted molar refractivity (Wildman–Crippen MR) is 64.0 cm³/mol. The first-order valence-electron chi connectivity index (χ1n) is 5.81. The van der Waals surface area contributed by atoms with Crippen LogP contribution in [0.25, 0.3) is 0 Å². The van der Waals surface area contributed by atoms with Crippen molar-refractivity contribution in [3.63, 3.8) is 0 Å². The van der Waals surface area contributed by atoms with E-state index in [1.165, 1.54) is 11.1 Å². The summed E-state index contributed by atoms with van der Waals surface area (Å²) in [6.45, 7) is 4.32. The Labute approximate surface area is 96.4 Å². The zero-order valence-electron chi connectivity index (χ0n) is 10.1. The highest BCUT2D eigenvalue weighted by atomic mass is 16.5. The summed E-state index contributed by atoms with van der Waals surface area (Å²) in [5.74, 6) is 0.799. The minimum Gasteiger partial charge on any atom is -0.504 e. The Morgan fingerprint density at radius 3 is 2.88 bits per heavy atom. The Bertz CT molecular complexity index is 390. The maximum Gasteiger partial charge on any atom is 0.160 e. The summed E-state index contributed by atoms with van der Waals surface area (Å²) in [6.07, 6.45) is 2.12. The van der Waals surface area contributed by atoms with Crippen molar-refractivity contribution in [3.8, 4) is 11.5 Å². The molecule has 3 nitrogen and oxygen atoms in total. The van der Waals surface area contributed by atoms with Gasteiger partial charge in [-0.15, -0.1) is 0 Å². The lowest BCUT2D eigenvalue weighted by Crippen LogP contribution is -2.37. The molecule has 0 spiro atoms. The van der Waals surface area contributed by atoms with Gasteiger partial charge in [0.1, 0.15) is 0 Å². The average molecular weight is 221 g/mol. The third-order valence-electron chi connectivity index (χ3n) is 3.35. The quantitative estimate of drug-likeness (QED) is 0.805. The van der Waals surface area contributed by atoms with Crippen molar-refractivity contribution >= 4 is 0 Å². The molecule has 1 aromatic carbocycles. The maximum absolute atomic E-state index is 9.75. The summed E-state index contributed by atoms with van der Waals surface area (Å²) in [5.41, 5.74) is 2.47. The molecule has 88 valence electrons. The number of ether oxygens (including phenoxy) is 1. The van der Waals surface area contributed by atoms with E-state index in [1.807, 2.05) is 12.1 Å². The normalized spacial score (nSPS) is 23.9. The van der Waals surface area contributed by atoms with Crippen LogP contribution >= 0.6 is 0 Å². The summed E-state index contributed by atoms with van der Waals surface area (Å²) >= 11 is 0. The van der Waals surface area contributed by atoms with Gasteiger partial charge >= 0.3 is 0 Å². The van der Waals surface area contributed by atoms with Gasteiger partial charge in [-0.3, -0.25) is 0 Å². The van der Waals surface area contributed by atoms with Gasteiger partial charge in [0.15, 0.2) is 11.5 Å². The number of methoxy groups -OCH3 is 1. The summed E-state index contributed by atoms with van der Waals surface area (Å²) in [7, 11) is 1.59. The highest BCUT2D eigenvalue weighted by Crippen LogP contribution is 2.35. The van der Waals surface area contributed by atoms with Gasteiger partial charge in [-0.2, -0.15) is 0 Å². The van der Waals surface area contributed by atoms with E-state index in [9.17, 15) is 5.11 Å². The molecule has 0 fully saturated rings. The molecule has 16 heavy (non-hydrogen) atoms. The van der Waals surface area contributed by atoms with E-state index in [4.69, 9.17) is 4.74 Å². The zero-order valence-corrected chi connectivity index (χ0v) is 10.1. The molecule has 0 radical (unpaired) electrons. The van der Waals surface area contributed by atoms with Gasteiger partial charge in [0.25, 0.3) is 0 Å². The lowest BCUT2D eigenvalue weighted by molar-refractivity contribution is 0.365. The largest absolute Gasteiger partial charge is 0.504 e. The van der Waals surface area contributed by atoms with Crippen LogP contribution in [0, 0.1) is 0 Å². The third-order valence-corrected chi connectivity index (χ3v) is 3.35. The van der Waals surface area contributed by atoms with E-state index in [0.717, 1.165) is 12.8 Å². The molecule has 1 heterocycles.